The van der Waals surface area contributed by atoms with Crippen LogP contribution in [0.5, 0.6) is 0 Å². The maximum Gasteiger partial charge on any atom is 0.00103 e. The Morgan fingerprint density at radius 3 is 2.14 bits per heavy atom. The highest BCUT2D eigenvalue weighted by Crippen LogP contribution is 2.24. The monoisotopic (exact) mass is 197 g/mol. The molecular weight excluding hydrogens is 170 g/mol. The molecule has 1 saturated carbocycles. The summed E-state index contributed by atoms with van der Waals surface area (Å²) in [5.41, 5.74) is 0. The zero-order valence-corrected chi connectivity index (χ0v) is 10.0. The minimum atomic E-state index is 0.656. The largest absolute Gasteiger partial charge is 0.315 e. The zero-order chi connectivity index (χ0) is 10.2. The van der Waals surface area contributed by atoms with E-state index in [1.165, 1.54) is 57.9 Å². The lowest BCUT2D eigenvalue weighted by Crippen LogP contribution is -2.25. The summed E-state index contributed by atoms with van der Waals surface area (Å²) in [6.45, 7) is 5.69. The van der Waals surface area contributed by atoms with Crippen LogP contribution in [0, 0.1) is 5.92 Å². The molecule has 0 saturated heterocycles. The zero-order valence-electron chi connectivity index (χ0n) is 10.0. The molecule has 1 aliphatic carbocycles. The Morgan fingerprint density at radius 1 is 1.00 bits per heavy atom. The van der Waals surface area contributed by atoms with Crippen molar-refractivity contribution >= 4 is 0 Å². The highest BCUT2D eigenvalue weighted by molar-refractivity contribution is 4.65. The average molecular weight is 197 g/mol. The van der Waals surface area contributed by atoms with Crippen molar-refractivity contribution in [3.8, 4) is 0 Å². The first-order chi connectivity index (χ1) is 6.79. The standard InChI is InChI=1S/C13H27N/c1-12(2)14-11-10-13-8-6-4-3-5-7-9-13/h12-14H,3-11H2,1-2H3. The Morgan fingerprint density at radius 2 is 1.57 bits per heavy atom. The summed E-state index contributed by atoms with van der Waals surface area (Å²) in [4.78, 5) is 0. The average Bonchev–Trinajstić information content (AvgIpc) is 2.07. The molecule has 0 aromatic carbocycles. The van der Waals surface area contributed by atoms with E-state index >= 15 is 0 Å². The summed E-state index contributed by atoms with van der Waals surface area (Å²) >= 11 is 0. The molecule has 1 rings (SSSR count). The molecule has 0 atom stereocenters. The maximum atomic E-state index is 3.53. The number of hydrogen-bond acceptors (Lipinski definition) is 1. The topological polar surface area (TPSA) is 12.0 Å². The summed E-state index contributed by atoms with van der Waals surface area (Å²) in [5, 5.41) is 3.53. The maximum absolute atomic E-state index is 3.53. The third-order valence-corrected chi connectivity index (χ3v) is 3.33. The Hall–Kier alpha value is -0.0400. The van der Waals surface area contributed by atoms with Crippen LogP contribution < -0.4 is 5.32 Å². The lowest BCUT2D eigenvalue weighted by molar-refractivity contribution is 0.349. The molecule has 0 aromatic rings. The van der Waals surface area contributed by atoms with Crippen LogP contribution in [0.15, 0.2) is 0 Å². The third-order valence-electron chi connectivity index (χ3n) is 3.33. The van der Waals surface area contributed by atoms with Crippen LogP contribution in [-0.4, -0.2) is 12.6 Å². The quantitative estimate of drug-likeness (QED) is 0.724. The van der Waals surface area contributed by atoms with Gasteiger partial charge in [-0.2, -0.15) is 0 Å². The summed E-state index contributed by atoms with van der Waals surface area (Å²) in [7, 11) is 0. The molecule has 1 aliphatic rings. The molecule has 1 heteroatoms. The van der Waals surface area contributed by atoms with Crippen molar-refractivity contribution in [2.24, 2.45) is 5.92 Å². The lowest BCUT2D eigenvalue weighted by atomic mass is 9.89. The van der Waals surface area contributed by atoms with Gasteiger partial charge in [0.1, 0.15) is 0 Å². The van der Waals surface area contributed by atoms with Gasteiger partial charge in [0.15, 0.2) is 0 Å². The third kappa shape index (κ3) is 5.64. The van der Waals surface area contributed by atoms with E-state index in [1.807, 2.05) is 0 Å². The van der Waals surface area contributed by atoms with Gasteiger partial charge >= 0.3 is 0 Å². The van der Waals surface area contributed by atoms with Gasteiger partial charge in [-0.25, -0.2) is 0 Å². The van der Waals surface area contributed by atoms with Gasteiger partial charge in [-0.05, 0) is 18.9 Å². The van der Waals surface area contributed by atoms with Gasteiger partial charge in [0.25, 0.3) is 0 Å². The van der Waals surface area contributed by atoms with E-state index in [1.54, 1.807) is 0 Å². The summed E-state index contributed by atoms with van der Waals surface area (Å²) in [6.07, 6.45) is 11.8. The van der Waals surface area contributed by atoms with E-state index in [-0.39, 0.29) is 0 Å². The minimum absolute atomic E-state index is 0.656. The van der Waals surface area contributed by atoms with Crippen LogP contribution >= 0.6 is 0 Å². The number of rotatable bonds is 4. The molecule has 1 nitrogen and oxygen atoms in total. The minimum Gasteiger partial charge on any atom is -0.315 e. The van der Waals surface area contributed by atoms with E-state index < -0.39 is 0 Å². The van der Waals surface area contributed by atoms with Crippen molar-refractivity contribution in [1.29, 1.82) is 0 Å². The van der Waals surface area contributed by atoms with Crippen molar-refractivity contribution in [3.63, 3.8) is 0 Å². The molecule has 0 bridgehead atoms. The fourth-order valence-electron chi connectivity index (χ4n) is 2.41. The van der Waals surface area contributed by atoms with E-state index in [4.69, 9.17) is 0 Å². The number of hydrogen-bond donors (Lipinski definition) is 1. The first-order valence-electron chi connectivity index (χ1n) is 6.52. The van der Waals surface area contributed by atoms with Crippen molar-refractivity contribution in [2.45, 2.75) is 71.3 Å². The van der Waals surface area contributed by atoms with Gasteiger partial charge < -0.3 is 5.32 Å². The van der Waals surface area contributed by atoms with E-state index in [0.29, 0.717) is 6.04 Å². The molecule has 1 N–H and O–H groups in total. The summed E-state index contributed by atoms with van der Waals surface area (Å²) in [5.74, 6) is 1.02. The molecule has 0 aliphatic heterocycles. The molecule has 0 unspecified atom stereocenters. The fraction of sp³-hybridized carbons (Fsp3) is 1.00. The second-order valence-electron chi connectivity index (χ2n) is 5.11. The summed E-state index contributed by atoms with van der Waals surface area (Å²) < 4.78 is 0. The van der Waals surface area contributed by atoms with Crippen LogP contribution in [0.4, 0.5) is 0 Å². The van der Waals surface area contributed by atoms with E-state index in [2.05, 4.69) is 19.2 Å². The highest BCUT2D eigenvalue weighted by Gasteiger charge is 2.10. The van der Waals surface area contributed by atoms with Crippen molar-refractivity contribution < 1.29 is 0 Å². The van der Waals surface area contributed by atoms with E-state index in [9.17, 15) is 0 Å². The van der Waals surface area contributed by atoms with Gasteiger partial charge in [0, 0.05) is 6.04 Å². The van der Waals surface area contributed by atoms with Crippen LogP contribution in [0.1, 0.15) is 65.2 Å². The molecule has 0 amide bonds. The Kier molecular flexibility index (Phi) is 6.25. The van der Waals surface area contributed by atoms with Gasteiger partial charge in [-0.3, -0.25) is 0 Å². The van der Waals surface area contributed by atoms with Crippen molar-refractivity contribution in [2.75, 3.05) is 6.54 Å². The Labute approximate surface area is 89.7 Å². The van der Waals surface area contributed by atoms with Crippen LogP contribution in [0.2, 0.25) is 0 Å². The Balaban J connectivity index is 2.08. The molecule has 14 heavy (non-hydrogen) atoms. The van der Waals surface area contributed by atoms with Gasteiger partial charge in [-0.15, -0.1) is 0 Å². The molecule has 1 fully saturated rings. The summed E-state index contributed by atoms with van der Waals surface area (Å²) in [6, 6.07) is 0.656. The first kappa shape index (κ1) is 12.0. The van der Waals surface area contributed by atoms with Crippen LogP contribution in [0.3, 0.4) is 0 Å². The molecule has 0 radical (unpaired) electrons. The van der Waals surface area contributed by atoms with Gasteiger partial charge in [0.05, 0.1) is 0 Å². The van der Waals surface area contributed by atoms with Crippen molar-refractivity contribution in [1.82, 2.24) is 5.32 Å². The molecule has 84 valence electrons. The van der Waals surface area contributed by atoms with Crippen molar-refractivity contribution in [3.05, 3.63) is 0 Å². The molecule has 0 aromatic heterocycles. The number of nitrogens with one attached hydrogen (secondary N) is 1. The van der Waals surface area contributed by atoms with Gasteiger partial charge in [-0.1, -0.05) is 58.8 Å². The van der Waals surface area contributed by atoms with Crippen LogP contribution in [-0.2, 0) is 0 Å². The predicted octanol–water partition coefficient (Wildman–Crippen LogP) is 3.74. The normalized spacial score (nSPS) is 20.8. The highest BCUT2D eigenvalue weighted by atomic mass is 14.9. The second-order valence-corrected chi connectivity index (χ2v) is 5.11. The van der Waals surface area contributed by atoms with Gasteiger partial charge in [0.2, 0.25) is 0 Å². The predicted molar refractivity (Wildman–Crippen MR) is 63.6 cm³/mol. The first-order valence-corrected chi connectivity index (χ1v) is 6.52. The Bertz CT molecular complexity index is 123. The lowest BCUT2D eigenvalue weighted by Gasteiger charge is -2.20. The van der Waals surface area contributed by atoms with E-state index in [0.717, 1.165) is 5.92 Å². The second kappa shape index (κ2) is 7.28. The SMILES string of the molecule is CC(C)NCCC1CCCCCCC1. The molecular formula is C13H27N. The van der Waals surface area contributed by atoms with Crippen LogP contribution in [0.25, 0.3) is 0 Å². The smallest absolute Gasteiger partial charge is 0.00103 e. The molecule has 0 heterocycles. The molecule has 0 spiro atoms. The fourth-order valence-corrected chi connectivity index (χ4v) is 2.41.